The lowest BCUT2D eigenvalue weighted by molar-refractivity contribution is -0.122. The molecular weight excluding hydrogens is 380 g/mol. The Hall–Kier alpha value is -3.26. The Morgan fingerprint density at radius 3 is 2.36 bits per heavy atom. The number of hydrogen-bond acceptors (Lipinski definition) is 7. The second-order valence-corrected chi connectivity index (χ2v) is 6.78. The molecule has 2 aromatic carbocycles. The van der Waals surface area contributed by atoms with Crippen LogP contribution in [0.3, 0.4) is 0 Å². The number of ether oxygens (including phenoxy) is 2. The number of methoxy groups -OCH3 is 2. The quantitative estimate of drug-likeness (QED) is 0.588. The molecule has 144 valence electrons. The molecule has 2 amide bonds. The number of imide groups is 1. The van der Waals surface area contributed by atoms with Gasteiger partial charge in [-0.05, 0) is 59.8 Å². The van der Waals surface area contributed by atoms with Crippen molar-refractivity contribution in [3.63, 3.8) is 0 Å². The van der Waals surface area contributed by atoms with E-state index in [1.54, 1.807) is 61.7 Å². The second-order valence-electron chi connectivity index (χ2n) is 5.79. The Bertz CT molecular complexity index is 923. The van der Waals surface area contributed by atoms with Crippen LogP contribution in [-0.2, 0) is 9.53 Å². The van der Waals surface area contributed by atoms with Crippen LogP contribution in [0.2, 0.25) is 0 Å². The summed E-state index contributed by atoms with van der Waals surface area (Å²) in [6.07, 6.45) is 1.62. The minimum Gasteiger partial charge on any atom is -0.497 e. The third-order valence-corrected chi connectivity index (χ3v) is 4.94. The molecule has 8 heteroatoms. The third-order valence-electron chi connectivity index (χ3n) is 4.03. The summed E-state index contributed by atoms with van der Waals surface area (Å²) in [5, 5.41) is 2.70. The molecule has 28 heavy (non-hydrogen) atoms. The van der Waals surface area contributed by atoms with Gasteiger partial charge in [-0.3, -0.25) is 14.5 Å². The predicted octanol–water partition coefficient (Wildman–Crippen LogP) is 3.59. The van der Waals surface area contributed by atoms with Gasteiger partial charge in [-0.2, -0.15) is 0 Å². The lowest BCUT2D eigenvalue weighted by Crippen LogP contribution is -2.33. The molecule has 1 saturated heterocycles. The van der Waals surface area contributed by atoms with Crippen molar-refractivity contribution in [3.05, 3.63) is 64.6 Å². The molecular formula is C20H18N2O5S. The van der Waals surface area contributed by atoms with Gasteiger partial charge in [0.25, 0.3) is 11.1 Å². The maximum atomic E-state index is 12.5. The van der Waals surface area contributed by atoms with Gasteiger partial charge in [-0.25, -0.2) is 4.79 Å². The minimum atomic E-state index is -0.434. The van der Waals surface area contributed by atoms with Gasteiger partial charge in [0.1, 0.15) is 5.75 Å². The van der Waals surface area contributed by atoms with E-state index < -0.39 is 5.97 Å². The number of carbonyl (C=O) groups is 3. The number of thioether (sulfide) groups is 1. The molecule has 2 aromatic rings. The number of carbonyl (C=O) groups excluding carboxylic acids is 3. The van der Waals surface area contributed by atoms with Crippen molar-refractivity contribution in [1.82, 2.24) is 4.90 Å². The molecule has 7 nitrogen and oxygen atoms in total. The molecule has 0 aromatic heterocycles. The number of rotatable bonds is 6. The van der Waals surface area contributed by atoms with Crippen LogP contribution < -0.4 is 10.1 Å². The molecule has 0 unspecified atom stereocenters. The van der Waals surface area contributed by atoms with E-state index in [1.807, 2.05) is 0 Å². The average Bonchev–Trinajstić information content (AvgIpc) is 2.99. The first-order chi connectivity index (χ1) is 13.5. The number of benzene rings is 2. The minimum absolute atomic E-state index is 0.0651. The molecule has 0 aliphatic carbocycles. The van der Waals surface area contributed by atoms with E-state index in [0.717, 1.165) is 28.1 Å². The van der Waals surface area contributed by atoms with E-state index in [9.17, 15) is 14.4 Å². The first kappa shape index (κ1) is 19.5. The Morgan fingerprint density at radius 1 is 1.07 bits per heavy atom. The molecule has 1 N–H and O–H groups in total. The smallest absolute Gasteiger partial charge is 0.337 e. The van der Waals surface area contributed by atoms with E-state index in [-0.39, 0.29) is 17.8 Å². The zero-order valence-corrected chi connectivity index (χ0v) is 16.1. The topological polar surface area (TPSA) is 84.9 Å². The Labute approximate surface area is 166 Å². The third kappa shape index (κ3) is 4.34. The van der Waals surface area contributed by atoms with E-state index in [4.69, 9.17) is 4.74 Å². The highest BCUT2D eigenvalue weighted by Gasteiger charge is 2.34. The summed E-state index contributed by atoms with van der Waals surface area (Å²) in [6.45, 7) is 0.0651. The summed E-state index contributed by atoms with van der Waals surface area (Å²) < 4.78 is 9.75. The van der Waals surface area contributed by atoms with Crippen molar-refractivity contribution in [2.24, 2.45) is 0 Å². The van der Waals surface area contributed by atoms with Gasteiger partial charge in [0.15, 0.2) is 0 Å². The maximum Gasteiger partial charge on any atom is 0.337 e. The number of anilines is 1. The van der Waals surface area contributed by atoms with Crippen molar-refractivity contribution >= 4 is 40.6 Å². The van der Waals surface area contributed by atoms with Gasteiger partial charge < -0.3 is 14.8 Å². The van der Waals surface area contributed by atoms with Crippen LogP contribution in [0.5, 0.6) is 5.75 Å². The van der Waals surface area contributed by atoms with Crippen LogP contribution in [0, 0.1) is 0 Å². The maximum absolute atomic E-state index is 12.5. The molecule has 1 aliphatic rings. The van der Waals surface area contributed by atoms with Crippen molar-refractivity contribution < 1.29 is 23.9 Å². The lowest BCUT2D eigenvalue weighted by Gasteiger charge is -2.14. The van der Waals surface area contributed by atoms with Crippen molar-refractivity contribution in [2.75, 3.05) is 26.2 Å². The van der Waals surface area contributed by atoms with Gasteiger partial charge in [-0.1, -0.05) is 12.1 Å². The van der Waals surface area contributed by atoms with E-state index in [1.165, 1.54) is 7.11 Å². The molecule has 0 spiro atoms. The number of nitrogens with zero attached hydrogens (tertiary/aromatic N) is 1. The lowest BCUT2D eigenvalue weighted by atomic mass is 10.1. The average molecular weight is 398 g/mol. The highest BCUT2D eigenvalue weighted by atomic mass is 32.2. The van der Waals surface area contributed by atoms with Crippen LogP contribution in [0.1, 0.15) is 15.9 Å². The molecule has 1 fully saturated rings. The summed E-state index contributed by atoms with van der Waals surface area (Å²) in [5.41, 5.74) is 1.89. The molecule has 1 heterocycles. The summed E-state index contributed by atoms with van der Waals surface area (Å²) in [6, 6.07) is 13.8. The SMILES string of the molecule is COC(=O)c1ccc(/C=C2/SC(=O)N(CNc3ccc(OC)cc3)C2=O)cc1. The normalized spacial score (nSPS) is 15.1. The Morgan fingerprint density at radius 2 is 1.75 bits per heavy atom. The standard InChI is InChI=1S/C20H18N2O5S/c1-26-16-9-7-15(8-10-16)21-12-22-18(23)17(28-20(22)25)11-13-3-5-14(6-4-13)19(24)27-2/h3-11,21H,12H2,1-2H3/b17-11+. The molecule has 0 saturated carbocycles. The highest BCUT2D eigenvalue weighted by Crippen LogP contribution is 2.32. The van der Waals surface area contributed by atoms with Gasteiger partial charge in [0, 0.05) is 5.69 Å². The van der Waals surface area contributed by atoms with Crippen molar-refractivity contribution in [3.8, 4) is 5.75 Å². The summed E-state index contributed by atoms with van der Waals surface area (Å²) in [4.78, 5) is 37.7. The van der Waals surface area contributed by atoms with E-state index >= 15 is 0 Å². The number of esters is 1. The molecule has 0 atom stereocenters. The summed E-state index contributed by atoms with van der Waals surface area (Å²) >= 11 is 0.880. The van der Waals surface area contributed by atoms with Gasteiger partial charge >= 0.3 is 5.97 Å². The first-order valence-electron chi connectivity index (χ1n) is 8.33. The molecule has 1 aliphatic heterocycles. The Kier molecular flexibility index (Phi) is 6.00. The van der Waals surface area contributed by atoms with Crippen molar-refractivity contribution in [1.29, 1.82) is 0 Å². The van der Waals surface area contributed by atoms with Gasteiger partial charge in [0.05, 0.1) is 31.4 Å². The Balaban J connectivity index is 1.66. The monoisotopic (exact) mass is 398 g/mol. The number of nitrogens with one attached hydrogen (secondary N) is 1. The summed E-state index contributed by atoms with van der Waals surface area (Å²) in [5.74, 6) is -0.0811. The fourth-order valence-electron chi connectivity index (χ4n) is 2.50. The molecule has 3 rings (SSSR count). The summed E-state index contributed by atoms with van der Waals surface area (Å²) in [7, 11) is 2.89. The van der Waals surface area contributed by atoms with Crippen molar-refractivity contribution in [2.45, 2.75) is 0 Å². The number of hydrogen-bond donors (Lipinski definition) is 1. The van der Waals surface area contributed by atoms with Crippen LogP contribution in [0.25, 0.3) is 6.08 Å². The zero-order valence-electron chi connectivity index (χ0n) is 15.3. The fourth-order valence-corrected chi connectivity index (χ4v) is 3.34. The van der Waals surface area contributed by atoms with E-state index in [2.05, 4.69) is 10.1 Å². The van der Waals surface area contributed by atoms with Crippen LogP contribution in [0.15, 0.2) is 53.4 Å². The number of amides is 2. The van der Waals surface area contributed by atoms with Crippen LogP contribution in [0.4, 0.5) is 10.5 Å². The zero-order chi connectivity index (χ0) is 20.1. The fraction of sp³-hybridized carbons (Fsp3) is 0.150. The second kappa shape index (κ2) is 8.62. The van der Waals surface area contributed by atoms with E-state index in [0.29, 0.717) is 16.0 Å². The van der Waals surface area contributed by atoms with Gasteiger partial charge in [0.2, 0.25) is 0 Å². The first-order valence-corrected chi connectivity index (χ1v) is 9.15. The molecule has 0 bridgehead atoms. The van der Waals surface area contributed by atoms with Crippen LogP contribution in [-0.4, -0.2) is 42.9 Å². The largest absolute Gasteiger partial charge is 0.497 e. The van der Waals surface area contributed by atoms with Gasteiger partial charge in [-0.15, -0.1) is 0 Å². The van der Waals surface area contributed by atoms with Crippen LogP contribution >= 0.6 is 11.8 Å². The predicted molar refractivity (Wildman–Crippen MR) is 107 cm³/mol. The molecule has 0 radical (unpaired) electrons. The highest BCUT2D eigenvalue weighted by molar-refractivity contribution is 8.18.